The molecule has 0 fully saturated rings. The smallest absolute Gasteiger partial charge is 0.231 e. The average molecular weight is 208 g/mol. The van der Waals surface area contributed by atoms with Crippen molar-refractivity contribution in [3.05, 3.63) is 22.8 Å². The second-order valence-electron chi connectivity index (χ2n) is 3.86. The minimum atomic E-state index is 0.211. The van der Waals surface area contributed by atoms with Crippen LogP contribution in [-0.4, -0.2) is 18.5 Å². The van der Waals surface area contributed by atoms with Crippen molar-refractivity contribution in [3.8, 4) is 11.5 Å². The van der Waals surface area contributed by atoms with Crippen molar-refractivity contribution in [1.29, 1.82) is 0 Å². The molecule has 1 aromatic carbocycles. The van der Waals surface area contributed by atoms with E-state index in [0.717, 1.165) is 24.3 Å². The topological polar surface area (TPSA) is 38.7 Å². The van der Waals surface area contributed by atoms with E-state index in [9.17, 15) is 0 Å². The first kappa shape index (κ1) is 10.3. The molecule has 3 nitrogen and oxygen atoms in total. The molecule has 15 heavy (non-hydrogen) atoms. The van der Waals surface area contributed by atoms with Crippen LogP contribution < -0.4 is 9.47 Å². The number of aliphatic hydroxyl groups excluding tert-OH is 1. The highest BCUT2D eigenvalue weighted by Gasteiger charge is 2.20. The zero-order valence-corrected chi connectivity index (χ0v) is 9.17. The molecule has 1 aromatic rings. The second kappa shape index (κ2) is 4.11. The largest absolute Gasteiger partial charge is 0.454 e. The predicted octanol–water partition coefficient (Wildman–Crippen LogP) is 1.96. The highest BCUT2D eigenvalue weighted by molar-refractivity contribution is 5.55. The lowest BCUT2D eigenvalue weighted by Crippen LogP contribution is -1.98. The van der Waals surface area contributed by atoms with E-state index < -0.39 is 0 Å². The maximum absolute atomic E-state index is 8.86. The van der Waals surface area contributed by atoms with Gasteiger partial charge >= 0.3 is 0 Å². The molecule has 1 aliphatic rings. The Hall–Kier alpha value is -1.22. The molecule has 1 N–H and O–H groups in total. The van der Waals surface area contributed by atoms with Gasteiger partial charge in [0.15, 0.2) is 11.5 Å². The number of ether oxygens (including phenoxy) is 2. The third kappa shape index (κ3) is 1.79. The summed E-state index contributed by atoms with van der Waals surface area (Å²) in [5, 5.41) is 8.86. The molecule has 0 spiro atoms. The maximum atomic E-state index is 8.86. The van der Waals surface area contributed by atoms with Crippen molar-refractivity contribution < 1.29 is 14.6 Å². The normalized spacial score (nSPS) is 13.3. The van der Waals surface area contributed by atoms with E-state index >= 15 is 0 Å². The Morgan fingerprint density at radius 1 is 1.33 bits per heavy atom. The summed E-state index contributed by atoms with van der Waals surface area (Å²) in [5.41, 5.74) is 3.64. The van der Waals surface area contributed by atoms with E-state index in [4.69, 9.17) is 14.6 Å². The van der Waals surface area contributed by atoms with Crippen LogP contribution in [0.15, 0.2) is 6.07 Å². The van der Waals surface area contributed by atoms with Gasteiger partial charge in [-0.05, 0) is 43.9 Å². The number of hydrogen-bond donors (Lipinski definition) is 1. The average Bonchev–Trinajstić information content (AvgIpc) is 2.66. The highest BCUT2D eigenvalue weighted by Crippen LogP contribution is 2.39. The van der Waals surface area contributed by atoms with Gasteiger partial charge in [-0.25, -0.2) is 0 Å². The Bertz CT molecular complexity index is 372. The Morgan fingerprint density at radius 2 is 2.13 bits per heavy atom. The lowest BCUT2D eigenvalue weighted by atomic mass is 9.98. The first-order valence-electron chi connectivity index (χ1n) is 5.23. The predicted molar refractivity (Wildman–Crippen MR) is 57.4 cm³/mol. The van der Waals surface area contributed by atoms with Crippen LogP contribution in [0.2, 0.25) is 0 Å². The van der Waals surface area contributed by atoms with Crippen LogP contribution in [0.25, 0.3) is 0 Å². The quantitative estimate of drug-likeness (QED) is 0.825. The molecule has 1 aliphatic heterocycles. The minimum Gasteiger partial charge on any atom is -0.454 e. The van der Waals surface area contributed by atoms with Crippen LogP contribution in [0.3, 0.4) is 0 Å². The van der Waals surface area contributed by atoms with Gasteiger partial charge in [0.1, 0.15) is 0 Å². The summed E-state index contributed by atoms with van der Waals surface area (Å²) in [6, 6.07) is 2.01. The van der Waals surface area contributed by atoms with Gasteiger partial charge in [0.25, 0.3) is 0 Å². The molecule has 0 saturated heterocycles. The Labute approximate surface area is 89.6 Å². The van der Waals surface area contributed by atoms with Crippen LogP contribution >= 0.6 is 0 Å². The molecule has 2 rings (SSSR count). The van der Waals surface area contributed by atoms with Crippen LogP contribution in [0.1, 0.15) is 23.1 Å². The number of fused-ring (bicyclic) bond motifs is 1. The summed E-state index contributed by atoms with van der Waals surface area (Å²) in [4.78, 5) is 0. The molecule has 0 bridgehead atoms. The molecule has 0 saturated carbocycles. The zero-order valence-electron chi connectivity index (χ0n) is 9.17. The summed E-state index contributed by atoms with van der Waals surface area (Å²) in [5.74, 6) is 1.71. The first-order valence-corrected chi connectivity index (χ1v) is 5.23. The Morgan fingerprint density at radius 3 is 2.87 bits per heavy atom. The third-order valence-corrected chi connectivity index (χ3v) is 2.89. The number of rotatable bonds is 3. The number of benzene rings is 1. The van der Waals surface area contributed by atoms with Gasteiger partial charge < -0.3 is 14.6 Å². The molecular formula is C12H16O3. The fourth-order valence-corrected chi connectivity index (χ4v) is 1.90. The standard InChI is InChI=1S/C12H16O3/c1-8-6-11-12(15-7-14-11)10(9(8)2)4-3-5-13/h6,13H,3-5,7H2,1-2H3. The molecule has 3 heteroatoms. The highest BCUT2D eigenvalue weighted by atomic mass is 16.7. The maximum Gasteiger partial charge on any atom is 0.231 e. The van der Waals surface area contributed by atoms with Gasteiger partial charge in [-0.1, -0.05) is 0 Å². The number of aryl methyl sites for hydroxylation is 1. The van der Waals surface area contributed by atoms with Crippen molar-refractivity contribution in [1.82, 2.24) is 0 Å². The van der Waals surface area contributed by atoms with Crippen molar-refractivity contribution in [3.63, 3.8) is 0 Å². The van der Waals surface area contributed by atoms with Crippen LogP contribution in [0, 0.1) is 13.8 Å². The lowest BCUT2D eigenvalue weighted by Gasteiger charge is -2.11. The third-order valence-electron chi connectivity index (χ3n) is 2.89. The van der Waals surface area contributed by atoms with Gasteiger partial charge in [0.2, 0.25) is 6.79 Å². The van der Waals surface area contributed by atoms with Gasteiger partial charge in [-0.2, -0.15) is 0 Å². The summed E-state index contributed by atoms with van der Waals surface area (Å²) >= 11 is 0. The minimum absolute atomic E-state index is 0.211. The van der Waals surface area contributed by atoms with E-state index in [1.165, 1.54) is 16.7 Å². The van der Waals surface area contributed by atoms with E-state index in [1.807, 2.05) is 6.07 Å². The van der Waals surface area contributed by atoms with E-state index in [2.05, 4.69) is 13.8 Å². The molecule has 0 unspecified atom stereocenters. The van der Waals surface area contributed by atoms with Crippen molar-refractivity contribution in [2.75, 3.05) is 13.4 Å². The molecule has 1 heterocycles. The van der Waals surface area contributed by atoms with Gasteiger partial charge in [-0.3, -0.25) is 0 Å². The van der Waals surface area contributed by atoms with E-state index in [1.54, 1.807) is 0 Å². The molecule has 0 radical (unpaired) electrons. The Kier molecular flexibility index (Phi) is 2.82. The zero-order chi connectivity index (χ0) is 10.8. The fraction of sp³-hybridized carbons (Fsp3) is 0.500. The van der Waals surface area contributed by atoms with Gasteiger partial charge in [-0.15, -0.1) is 0 Å². The van der Waals surface area contributed by atoms with Gasteiger partial charge in [0, 0.05) is 12.2 Å². The van der Waals surface area contributed by atoms with Crippen molar-refractivity contribution >= 4 is 0 Å². The van der Waals surface area contributed by atoms with Crippen molar-refractivity contribution in [2.45, 2.75) is 26.7 Å². The molecule has 0 aromatic heterocycles. The number of aliphatic hydroxyl groups is 1. The molecule has 82 valence electrons. The van der Waals surface area contributed by atoms with Crippen LogP contribution in [0.4, 0.5) is 0 Å². The van der Waals surface area contributed by atoms with Crippen LogP contribution in [-0.2, 0) is 6.42 Å². The van der Waals surface area contributed by atoms with E-state index in [-0.39, 0.29) is 6.61 Å². The molecule has 0 amide bonds. The number of hydrogen-bond acceptors (Lipinski definition) is 3. The molecule has 0 aliphatic carbocycles. The van der Waals surface area contributed by atoms with Crippen LogP contribution in [0.5, 0.6) is 11.5 Å². The summed E-state index contributed by atoms with van der Waals surface area (Å²) < 4.78 is 10.8. The SMILES string of the molecule is Cc1cc2c(c(CCCO)c1C)OCO2. The summed E-state index contributed by atoms with van der Waals surface area (Å²) in [6.07, 6.45) is 1.61. The molecule has 0 atom stereocenters. The fourth-order valence-electron chi connectivity index (χ4n) is 1.90. The second-order valence-corrected chi connectivity index (χ2v) is 3.86. The van der Waals surface area contributed by atoms with E-state index in [0.29, 0.717) is 6.79 Å². The van der Waals surface area contributed by atoms with Gasteiger partial charge in [0.05, 0.1) is 0 Å². The molecular weight excluding hydrogens is 192 g/mol. The van der Waals surface area contributed by atoms with Crippen molar-refractivity contribution in [2.24, 2.45) is 0 Å². The Balaban J connectivity index is 2.41. The monoisotopic (exact) mass is 208 g/mol. The first-order chi connectivity index (χ1) is 7.24. The summed E-state index contributed by atoms with van der Waals surface area (Å²) in [7, 11) is 0. The summed E-state index contributed by atoms with van der Waals surface area (Å²) in [6.45, 7) is 4.68. The lowest BCUT2D eigenvalue weighted by molar-refractivity contribution is 0.173.